The van der Waals surface area contributed by atoms with Crippen LogP contribution in [0, 0.1) is 5.92 Å². The molecule has 0 N–H and O–H groups in total. The van der Waals surface area contributed by atoms with Gasteiger partial charge in [0, 0.05) is 19.6 Å². The molecule has 0 aliphatic carbocycles. The first kappa shape index (κ1) is 14.9. The molecule has 2 unspecified atom stereocenters. The van der Waals surface area contributed by atoms with Crippen LogP contribution < -0.4 is 0 Å². The highest BCUT2D eigenvalue weighted by Crippen LogP contribution is 2.12. The van der Waals surface area contributed by atoms with Gasteiger partial charge in [-0.25, -0.2) is 0 Å². The lowest BCUT2D eigenvalue weighted by atomic mass is 10.1. The minimum Gasteiger partial charge on any atom is -0.469 e. The Morgan fingerprint density at radius 1 is 1.39 bits per heavy atom. The van der Waals surface area contributed by atoms with Crippen LogP contribution in [0.3, 0.4) is 0 Å². The maximum atomic E-state index is 11.3. The van der Waals surface area contributed by atoms with Gasteiger partial charge in [-0.05, 0) is 0 Å². The van der Waals surface area contributed by atoms with Crippen LogP contribution >= 0.6 is 0 Å². The van der Waals surface area contributed by atoms with Gasteiger partial charge in [0.25, 0.3) is 0 Å². The Bertz CT molecular complexity index is 294. The third-order valence-corrected chi connectivity index (χ3v) is 2.98. The van der Waals surface area contributed by atoms with Crippen LogP contribution in [0.1, 0.15) is 13.3 Å². The van der Waals surface area contributed by atoms with E-state index in [2.05, 4.69) is 9.64 Å². The van der Waals surface area contributed by atoms with Crippen molar-refractivity contribution in [1.82, 2.24) is 4.90 Å². The summed E-state index contributed by atoms with van der Waals surface area (Å²) in [6, 6.07) is 0. The molecule has 1 rings (SSSR count). The van der Waals surface area contributed by atoms with Crippen molar-refractivity contribution in [3.8, 4) is 0 Å². The summed E-state index contributed by atoms with van der Waals surface area (Å²) in [7, 11) is 2.75. The molecule has 2 atom stereocenters. The zero-order valence-electron chi connectivity index (χ0n) is 11.2. The fourth-order valence-electron chi connectivity index (χ4n) is 2.00. The van der Waals surface area contributed by atoms with E-state index in [1.807, 2.05) is 6.92 Å². The van der Waals surface area contributed by atoms with Crippen LogP contribution in [0.4, 0.5) is 0 Å². The van der Waals surface area contributed by atoms with E-state index in [1.54, 1.807) is 0 Å². The molecule has 0 spiro atoms. The molecule has 6 heteroatoms. The van der Waals surface area contributed by atoms with Crippen molar-refractivity contribution in [3.63, 3.8) is 0 Å². The van der Waals surface area contributed by atoms with Gasteiger partial charge in [-0.3, -0.25) is 14.5 Å². The number of rotatable bonds is 5. The van der Waals surface area contributed by atoms with E-state index in [9.17, 15) is 9.59 Å². The first-order valence-corrected chi connectivity index (χ1v) is 6.05. The molecule has 104 valence electrons. The first-order chi connectivity index (χ1) is 8.56. The molecule has 0 saturated carbocycles. The molecule has 0 aromatic rings. The summed E-state index contributed by atoms with van der Waals surface area (Å²) < 4.78 is 14.8. The van der Waals surface area contributed by atoms with Gasteiger partial charge in [0.2, 0.25) is 0 Å². The Hall–Kier alpha value is -1.14. The van der Waals surface area contributed by atoms with Gasteiger partial charge in [-0.15, -0.1) is 0 Å². The van der Waals surface area contributed by atoms with Crippen molar-refractivity contribution in [2.45, 2.75) is 19.4 Å². The molecule has 1 aliphatic heterocycles. The minimum atomic E-state index is -0.275. The fourth-order valence-corrected chi connectivity index (χ4v) is 2.00. The number of nitrogens with zero attached hydrogens (tertiary/aromatic N) is 1. The molecular formula is C12H21NO5. The standard InChI is InChI=1S/C12H21NO5/c1-9(12(15)17-3)7-13-4-5-18-10(8-13)6-11(14)16-2/h9-10H,4-8H2,1-3H3. The summed E-state index contributed by atoms with van der Waals surface area (Å²) in [6.07, 6.45) is 0.0932. The highest BCUT2D eigenvalue weighted by Gasteiger charge is 2.25. The SMILES string of the molecule is COC(=O)CC1CN(CC(C)C(=O)OC)CCO1. The molecule has 0 radical (unpaired) electrons. The quantitative estimate of drug-likeness (QED) is 0.650. The van der Waals surface area contributed by atoms with Gasteiger partial charge in [-0.2, -0.15) is 0 Å². The van der Waals surface area contributed by atoms with Crippen LogP contribution in [0.15, 0.2) is 0 Å². The van der Waals surface area contributed by atoms with Crippen molar-refractivity contribution in [2.24, 2.45) is 5.92 Å². The van der Waals surface area contributed by atoms with Crippen molar-refractivity contribution >= 4 is 11.9 Å². The second-order valence-corrected chi connectivity index (χ2v) is 4.46. The molecule has 0 amide bonds. The number of methoxy groups -OCH3 is 2. The lowest BCUT2D eigenvalue weighted by Gasteiger charge is -2.33. The van der Waals surface area contributed by atoms with Crippen LogP contribution in [0.25, 0.3) is 0 Å². The Morgan fingerprint density at radius 3 is 2.72 bits per heavy atom. The first-order valence-electron chi connectivity index (χ1n) is 6.05. The lowest BCUT2D eigenvalue weighted by Crippen LogP contribution is -2.45. The van der Waals surface area contributed by atoms with E-state index in [0.717, 1.165) is 6.54 Å². The average molecular weight is 259 g/mol. The Balaban J connectivity index is 2.39. The molecule has 0 aromatic heterocycles. The molecule has 1 fully saturated rings. The van der Waals surface area contributed by atoms with Crippen LogP contribution in [-0.4, -0.2) is 63.4 Å². The van der Waals surface area contributed by atoms with Crippen molar-refractivity contribution in [2.75, 3.05) is 40.5 Å². The number of esters is 2. The Labute approximate surface area is 107 Å². The van der Waals surface area contributed by atoms with Gasteiger partial charge in [0.05, 0.1) is 39.3 Å². The van der Waals surface area contributed by atoms with Gasteiger partial charge in [0.1, 0.15) is 0 Å². The summed E-state index contributed by atoms with van der Waals surface area (Å²) in [6.45, 7) is 4.41. The maximum absolute atomic E-state index is 11.3. The van der Waals surface area contributed by atoms with Gasteiger partial charge < -0.3 is 14.2 Å². The third-order valence-electron chi connectivity index (χ3n) is 2.98. The number of hydrogen-bond donors (Lipinski definition) is 0. The third kappa shape index (κ3) is 4.62. The smallest absolute Gasteiger partial charge is 0.309 e. The second kappa shape index (κ2) is 7.33. The summed E-state index contributed by atoms with van der Waals surface area (Å²) >= 11 is 0. The number of carbonyl (C=O) groups is 2. The molecule has 6 nitrogen and oxygen atoms in total. The molecule has 18 heavy (non-hydrogen) atoms. The second-order valence-electron chi connectivity index (χ2n) is 4.46. The molecule has 1 heterocycles. The predicted molar refractivity (Wildman–Crippen MR) is 64.0 cm³/mol. The lowest BCUT2D eigenvalue weighted by molar-refractivity contribution is -0.149. The van der Waals surface area contributed by atoms with Gasteiger partial charge in [0.15, 0.2) is 0 Å². The van der Waals surface area contributed by atoms with E-state index >= 15 is 0 Å². The van der Waals surface area contributed by atoms with E-state index in [4.69, 9.17) is 9.47 Å². The zero-order valence-corrected chi connectivity index (χ0v) is 11.2. The van der Waals surface area contributed by atoms with Crippen LogP contribution in [-0.2, 0) is 23.8 Å². The summed E-state index contributed by atoms with van der Waals surface area (Å²) in [4.78, 5) is 24.6. The van der Waals surface area contributed by atoms with Crippen molar-refractivity contribution < 1.29 is 23.8 Å². The van der Waals surface area contributed by atoms with Crippen molar-refractivity contribution in [3.05, 3.63) is 0 Å². The average Bonchev–Trinajstić information content (AvgIpc) is 2.37. The molecule has 1 aliphatic rings. The maximum Gasteiger partial charge on any atom is 0.309 e. The topological polar surface area (TPSA) is 65.1 Å². The normalized spacial score (nSPS) is 22.3. The van der Waals surface area contributed by atoms with Crippen molar-refractivity contribution in [1.29, 1.82) is 0 Å². The van der Waals surface area contributed by atoms with Gasteiger partial charge in [-0.1, -0.05) is 6.92 Å². The molecule has 0 aromatic carbocycles. The van der Waals surface area contributed by atoms with Gasteiger partial charge >= 0.3 is 11.9 Å². The summed E-state index contributed by atoms with van der Waals surface area (Å²) in [5.41, 5.74) is 0. The highest BCUT2D eigenvalue weighted by atomic mass is 16.5. The molecule has 1 saturated heterocycles. The largest absolute Gasteiger partial charge is 0.469 e. The summed E-state index contributed by atoms with van der Waals surface area (Å²) in [5.74, 6) is -0.666. The van der Waals surface area contributed by atoms with E-state index in [-0.39, 0.29) is 30.4 Å². The molecular weight excluding hydrogens is 238 g/mol. The van der Waals surface area contributed by atoms with E-state index in [1.165, 1.54) is 14.2 Å². The summed E-state index contributed by atoms with van der Waals surface area (Å²) in [5, 5.41) is 0. The Morgan fingerprint density at radius 2 is 2.11 bits per heavy atom. The minimum absolute atomic E-state index is 0.156. The number of hydrogen-bond acceptors (Lipinski definition) is 6. The number of ether oxygens (including phenoxy) is 3. The van der Waals surface area contributed by atoms with E-state index < -0.39 is 0 Å². The predicted octanol–water partition coefficient (Wildman–Crippen LogP) is 0.0594. The van der Waals surface area contributed by atoms with E-state index in [0.29, 0.717) is 19.7 Å². The van der Waals surface area contributed by atoms with Crippen LogP contribution in [0.5, 0.6) is 0 Å². The van der Waals surface area contributed by atoms with Crippen LogP contribution in [0.2, 0.25) is 0 Å². The molecule has 0 bridgehead atoms. The highest BCUT2D eigenvalue weighted by molar-refractivity contribution is 5.72. The zero-order chi connectivity index (χ0) is 13.5. The Kier molecular flexibility index (Phi) is 6.07. The number of morpholine rings is 1. The fraction of sp³-hybridized carbons (Fsp3) is 0.833. The monoisotopic (exact) mass is 259 g/mol. The number of carbonyl (C=O) groups excluding carboxylic acids is 2.